The fraction of sp³-hybridized carbons (Fsp3) is 0.571. The largest absolute Gasteiger partial charge is 0.299 e. The lowest BCUT2D eigenvalue weighted by atomic mass is 10.1. The number of rotatable bonds is 2. The SMILES string of the molecule is C/C=C/[C@@H](C)C(C)=O. The Bertz CT molecular complexity index is 103. The second-order valence-corrected chi connectivity index (χ2v) is 1.93. The number of hydrogen-bond acceptors (Lipinski definition) is 1. The van der Waals surface area contributed by atoms with E-state index in [0.29, 0.717) is 0 Å². The molecular formula is C7H12O. The van der Waals surface area contributed by atoms with Gasteiger partial charge in [-0.2, -0.15) is 0 Å². The Morgan fingerprint density at radius 2 is 2.12 bits per heavy atom. The minimum absolute atomic E-state index is 0.0972. The van der Waals surface area contributed by atoms with Crippen molar-refractivity contribution in [3.05, 3.63) is 12.2 Å². The molecule has 0 N–H and O–H groups in total. The van der Waals surface area contributed by atoms with Crippen LogP contribution in [0.2, 0.25) is 0 Å². The van der Waals surface area contributed by atoms with E-state index >= 15 is 0 Å². The first-order chi connectivity index (χ1) is 3.68. The predicted octanol–water partition coefficient (Wildman–Crippen LogP) is 1.79. The van der Waals surface area contributed by atoms with E-state index in [4.69, 9.17) is 0 Å². The van der Waals surface area contributed by atoms with Gasteiger partial charge in [0.1, 0.15) is 5.78 Å². The molecule has 0 aliphatic rings. The van der Waals surface area contributed by atoms with E-state index in [9.17, 15) is 4.79 Å². The van der Waals surface area contributed by atoms with Gasteiger partial charge in [0, 0.05) is 5.92 Å². The van der Waals surface area contributed by atoms with E-state index < -0.39 is 0 Å². The maximum Gasteiger partial charge on any atom is 0.136 e. The van der Waals surface area contributed by atoms with Gasteiger partial charge in [0.05, 0.1) is 0 Å². The first-order valence-corrected chi connectivity index (χ1v) is 2.81. The van der Waals surface area contributed by atoms with Crippen molar-refractivity contribution in [1.82, 2.24) is 0 Å². The van der Waals surface area contributed by atoms with Crippen molar-refractivity contribution in [2.75, 3.05) is 0 Å². The average Bonchev–Trinajstić information content (AvgIpc) is 1.67. The molecule has 1 heteroatoms. The van der Waals surface area contributed by atoms with Crippen LogP contribution >= 0.6 is 0 Å². The van der Waals surface area contributed by atoms with E-state index in [1.807, 2.05) is 26.0 Å². The van der Waals surface area contributed by atoms with Crippen LogP contribution in [0, 0.1) is 5.92 Å². The Morgan fingerprint density at radius 3 is 2.25 bits per heavy atom. The minimum Gasteiger partial charge on any atom is -0.299 e. The molecule has 0 aromatic rings. The highest BCUT2D eigenvalue weighted by molar-refractivity contribution is 5.79. The first-order valence-electron chi connectivity index (χ1n) is 2.81. The van der Waals surface area contributed by atoms with Gasteiger partial charge in [-0.1, -0.05) is 19.1 Å². The third-order valence-electron chi connectivity index (χ3n) is 1.12. The fourth-order valence-electron chi connectivity index (χ4n) is 0.424. The quantitative estimate of drug-likeness (QED) is 0.498. The zero-order valence-electron chi connectivity index (χ0n) is 5.64. The van der Waals surface area contributed by atoms with Gasteiger partial charge in [-0.25, -0.2) is 0 Å². The number of carbonyl (C=O) groups excluding carboxylic acids is 1. The molecule has 0 unspecified atom stereocenters. The molecular weight excluding hydrogens is 100 g/mol. The highest BCUT2D eigenvalue weighted by atomic mass is 16.1. The fourth-order valence-corrected chi connectivity index (χ4v) is 0.424. The van der Waals surface area contributed by atoms with Gasteiger partial charge in [-0.3, -0.25) is 4.79 Å². The normalized spacial score (nSPS) is 14.4. The number of allylic oxidation sites excluding steroid dienone is 2. The average molecular weight is 112 g/mol. The van der Waals surface area contributed by atoms with Gasteiger partial charge in [0.15, 0.2) is 0 Å². The third-order valence-corrected chi connectivity index (χ3v) is 1.12. The van der Waals surface area contributed by atoms with Crippen LogP contribution in [0.15, 0.2) is 12.2 Å². The lowest BCUT2D eigenvalue weighted by Gasteiger charge is -1.95. The van der Waals surface area contributed by atoms with E-state index in [2.05, 4.69) is 0 Å². The van der Waals surface area contributed by atoms with Crippen LogP contribution in [-0.4, -0.2) is 5.78 Å². The maximum atomic E-state index is 10.5. The summed E-state index contributed by atoms with van der Waals surface area (Å²) < 4.78 is 0. The molecule has 0 aliphatic heterocycles. The van der Waals surface area contributed by atoms with Crippen molar-refractivity contribution in [2.45, 2.75) is 20.8 Å². The highest BCUT2D eigenvalue weighted by Crippen LogP contribution is 1.96. The molecule has 0 aromatic carbocycles. The molecule has 0 aromatic heterocycles. The summed E-state index contributed by atoms with van der Waals surface area (Å²) in [6.07, 6.45) is 3.79. The Morgan fingerprint density at radius 1 is 1.62 bits per heavy atom. The molecule has 0 radical (unpaired) electrons. The number of ketones is 1. The number of carbonyl (C=O) groups is 1. The van der Waals surface area contributed by atoms with Crippen LogP contribution in [0.1, 0.15) is 20.8 Å². The first kappa shape index (κ1) is 7.41. The summed E-state index contributed by atoms with van der Waals surface area (Å²) in [5.74, 6) is 0.322. The molecule has 8 heavy (non-hydrogen) atoms. The van der Waals surface area contributed by atoms with Crippen LogP contribution in [0.5, 0.6) is 0 Å². The van der Waals surface area contributed by atoms with Crippen LogP contribution in [0.4, 0.5) is 0 Å². The van der Waals surface area contributed by atoms with E-state index in [1.165, 1.54) is 0 Å². The smallest absolute Gasteiger partial charge is 0.136 e. The van der Waals surface area contributed by atoms with Crippen molar-refractivity contribution >= 4 is 5.78 Å². The monoisotopic (exact) mass is 112 g/mol. The van der Waals surface area contributed by atoms with Gasteiger partial charge >= 0.3 is 0 Å². The van der Waals surface area contributed by atoms with Crippen molar-refractivity contribution in [2.24, 2.45) is 5.92 Å². The molecule has 1 atom stereocenters. The second-order valence-electron chi connectivity index (χ2n) is 1.93. The molecule has 0 saturated carbocycles. The predicted molar refractivity (Wildman–Crippen MR) is 34.7 cm³/mol. The van der Waals surface area contributed by atoms with Crippen molar-refractivity contribution < 1.29 is 4.79 Å². The van der Waals surface area contributed by atoms with Gasteiger partial charge in [-0.15, -0.1) is 0 Å². The summed E-state index contributed by atoms with van der Waals surface area (Å²) in [5, 5.41) is 0. The van der Waals surface area contributed by atoms with Gasteiger partial charge in [0.2, 0.25) is 0 Å². The molecule has 0 bridgehead atoms. The Labute approximate surface area is 50.4 Å². The molecule has 0 saturated heterocycles. The standard InChI is InChI=1S/C7H12O/c1-4-5-6(2)7(3)8/h4-6H,1-3H3/b5-4+/t6-/m1/s1. The Hall–Kier alpha value is -0.590. The van der Waals surface area contributed by atoms with Gasteiger partial charge in [-0.05, 0) is 13.8 Å². The van der Waals surface area contributed by atoms with Crippen LogP contribution in [0.25, 0.3) is 0 Å². The Balaban J connectivity index is 3.64. The van der Waals surface area contributed by atoms with Crippen LogP contribution in [-0.2, 0) is 4.79 Å². The molecule has 0 rings (SSSR count). The molecule has 0 spiro atoms. The molecule has 0 fully saturated rings. The van der Waals surface area contributed by atoms with E-state index in [-0.39, 0.29) is 11.7 Å². The number of Topliss-reactive ketones (excluding diaryl/α,β-unsaturated/α-hetero) is 1. The second kappa shape index (κ2) is 3.42. The van der Waals surface area contributed by atoms with Crippen LogP contribution in [0.3, 0.4) is 0 Å². The topological polar surface area (TPSA) is 17.1 Å². The number of hydrogen-bond donors (Lipinski definition) is 0. The summed E-state index contributed by atoms with van der Waals surface area (Å²) in [5.41, 5.74) is 0. The minimum atomic E-state index is 0.0972. The maximum absolute atomic E-state index is 10.5. The summed E-state index contributed by atoms with van der Waals surface area (Å²) in [6.45, 7) is 5.41. The molecule has 0 heterocycles. The van der Waals surface area contributed by atoms with E-state index in [0.717, 1.165) is 0 Å². The summed E-state index contributed by atoms with van der Waals surface area (Å²) >= 11 is 0. The molecule has 0 amide bonds. The zero-order chi connectivity index (χ0) is 6.57. The van der Waals surface area contributed by atoms with Crippen molar-refractivity contribution in [1.29, 1.82) is 0 Å². The molecule has 1 nitrogen and oxygen atoms in total. The van der Waals surface area contributed by atoms with Crippen molar-refractivity contribution in [3.8, 4) is 0 Å². The lowest BCUT2D eigenvalue weighted by molar-refractivity contribution is -0.118. The van der Waals surface area contributed by atoms with Crippen LogP contribution < -0.4 is 0 Å². The zero-order valence-corrected chi connectivity index (χ0v) is 5.64. The summed E-state index contributed by atoms with van der Waals surface area (Å²) in [4.78, 5) is 10.5. The Kier molecular flexibility index (Phi) is 3.16. The molecule has 0 aliphatic carbocycles. The lowest BCUT2D eigenvalue weighted by Crippen LogP contribution is -2.01. The van der Waals surface area contributed by atoms with E-state index in [1.54, 1.807) is 6.92 Å². The van der Waals surface area contributed by atoms with Gasteiger partial charge < -0.3 is 0 Å². The van der Waals surface area contributed by atoms with Gasteiger partial charge in [0.25, 0.3) is 0 Å². The third kappa shape index (κ3) is 2.56. The summed E-state index contributed by atoms with van der Waals surface area (Å²) in [7, 11) is 0. The van der Waals surface area contributed by atoms with Crippen molar-refractivity contribution in [3.63, 3.8) is 0 Å². The molecule has 46 valence electrons. The summed E-state index contributed by atoms with van der Waals surface area (Å²) in [6, 6.07) is 0. The highest BCUT2D eigenvalue weighted by Gasteiger charge is 1.99.